The van der Waals surface area contributed by atoms with E-state index in [0.29, 0.717) is 6.04 Å². The molecule has 1 unspecified atom stereocenters. The zero-order valence-electron chi connectivity index (χ0n) is 7.53. The molecule has 0 saturated carbocycles. The van der Waals surface area contributed by atoms with Crippen LogP contribution in [0.3, 0.4) is 0 Å². The molecule has 2 heterocycles. The summed E-state index contributed by atoms with van der Waals surface area (Å²) >= 11 is 1.69. The highest BCUT2D eigenvalue weighted by molar-refractivity contribution is 7.99. The molecule has 1 aromatic heterocycles. The maximum atomic E-state index is 5.15. The molecule has 0 radical (unpaired) electrons. The Morgan fingerprint density at radius 2 is 2.62 bits per heavy atom. The van der Waals surface area contributed by atoms with E-state index >= 15 is 0 Å². The summed E-state index contributed by atoms with van der Waals surface area (Å²) in [7, 11) is 0. The predicted molar refractivity (Wildman–Crippen MR) is 52.9 cm³/mol. The van der Waals surface area contributed by atoms with Crippen LogP contribution in [0.1, 0.15) is 19.3 Å². The van der Waals surface area contributed by atoms with Crippen molar-refractivity contribution in [2.24, 2.45) is 0 Å². The van der Waals surface area contributed by atoms with Crippen LogP contribution >= 0.6 is 11.8 Å². The van der Waals surface area contributed by atoms with Gasteiger partial charge in [0.15, 0.2) is 0 Å². The van der Waals surface area contributed by atoms with Crippen molar-refractivity contribution < 1.29 is 4.42 Å². The normalized spacial score (nSPS) is 23.2. The van der Waals surface area contributed by atoms with Crippen LogP contribution in [0.4, 0.5) is 0 Å². The molecule has 1 saturated heterocycles. The van der Waals surface area contributed by atoms with E-state index in [1.165, 1.54) is 19.3 Å². The summed E-state index contributed by atoms with van der Waals surface area (Å²) in [6, 6.07) is 0.644. The smallest absolute Gasteiger partial charge is 0.255 e. The highest BCUT2D eigenvalue weighted by atomic mass is 32.2. The van der Waals surface area contributed by atoms with E-state index in [1.807, 2.05) is 0 Å². The van der Waals surface area contributed by atoms with Crippen LogP contribution < -0.4 is 5.32 Å². The zero-order chi connectivity index (χ0) is 8.93. The van der Waals surface area contributed by atoms with Gasteiger partial charge >= 0.3 is 0 Å². The van der Waals surface area contributed by atoms with Crippen LogP contribution in [-0.4, -0.2) is 23.3 Å². The lowest BCUT2D eigenvalue weighted by molar-refractivity contribution is 0.425. The second-order valence-corrected chi connectivity index (χ2v) is 4.23. The Morgan fingerprint density at radius 3 is 3.31 bits per heavy atom. The van der Waals surface area contributed by atoms with Crippen LogP contribution in [-0.2, 0) is 0 Å². The predicted octanol–water partition coefficient (Wildman–Crippen LogP) is 1.91. The first-order chi connectivity index (χ1) is 6.45. The van der Waals surface area contributed by atoms with Crippen LogP contribution in [0.2, 0.25) is 0 Å². The second kappa shape index (κ2) is 4.67. The third-order valence-corrected chi connectivity index (χ3v) is 3.25. The monoisotopic (exact) mass is 198 g/mol. The van der Waals surface area contributed by atoms with Gasteiger partial charge in [0.2, 0.25) is 0 Å². The Kier molecular flexibility index (Phi) is 3.27. The van der Waals surface area contributed by atoms with Crippen molar-refractivity contribution in [3.05, 3.63) is 12.5 Å². The van der Waals surface area contributed by atoms with E-state index in [4.69, 9.17) is 4.42 Å². The highest BCUT2D eigenvalue weighted by Gasteiger charge is 2.13. The average Bonchev–Trinajstić information content (AvgIpc) is 2.69. The minimum absolute atomic E-state index is 0.644. The molecule has 1 N–H and O–H groups in total. The Morgan fingerprint density at radius 1 is 1.62 bits per heavy atom. The molecule has 1 aliphatic rings. The molecule has 2 rings (SSSR count). The van der Waals surface area contributed by atoms with E-state index in [1.54, 1.807) is 24.2 Å². The van der Waals surface area contributed by atoms with Crippen molar-refractivity contribution in [2.75, 3.05) is 12.3 Å². The fourth-order valence-corrected chi connectivity index (χ4v) is 2.41. The van der Waals surface area contributed by atoms with E-state index in [0.717, 1.165) is 17.5 Å². The third-order valence-electron chi connectivity index (χ3n) is 2.23. The summed E-state index contributed by atoms with van der Waals surface area (Å²) in [4.78, 5) is 4.07. The van der Waals surface area contributed by atoms with E-state index < -0.39 is 0 Å². The Labute approximate surface area is 82.3 Å². The summed E-state index contributed by atoms with van der Waals surface area (Å²) in [6.45, 7) is 1.16. The number of thioether (sulfide) groups is 1. The number of hydrogen-bond donors (Lipinski definition) is 1. The molecule has 0 bridgehead atoms. The number of aromatic nitrogens is 1. The summed E-state index contributed by atoms with van der Waals surface area (Å²) in [6.07, 6.45) is 7.27. The minimum atomic E-state index is 0.644. The molecule has 0 aliphatic carbocycles. The van der Waals surface area contributed by atoms with Crippen molar-refractivity contribution in [3.63, 3.8) is 0 Å². The summed E-state index contributed by atoms with van der Waals surface area (Å²) in [5.74, 6) is 1.07. The van der Waals surface area contributed by atoms with Crippen LogP contribution in [0.5, 0.6) is 0 Å². The molecule has 0 aromatic carbocycles. The maximum Gasteiger partial charge on any atom is 0.255 e. The maximum absolute atomic E-state index is 5.15. The number of piperidine rings is 1. The van der Waals surface area contributed by atoms with Gasteiger partial charge in [-0.15, -0.1) is 0 Å². The number of nitrogens with zero attached hydrogens (tertiary/aromatic N) is 1. The van der Waals surface area contributed by atoms with Gasteiger partial charge in [-0.2, -0.15) is 0 Å². The Hall–Kier alpha value is -0.480. The molecule has 0 spiro atoms. The van der Waals surface area contributed by atoms with Crippen molar-refractivity contribution in [1.29, 1.82) is 0 Å². The fraction of sp³-hybridized carbons (Fsp3) is 0.667. The van der Waals surface area contributed by atoms with Gasteiger partial charge in [-0.05, 0) is 19.4 Å². The van der Waals surface area contributed by atoms with Crippen molar-refractivity contribution in [2.45, 2.75) is 30.5 Å². The Balaban J connectivity index is 1.72. The van der Waals surface area contributed by atoms with E-state index in [9.17, 15) is 0 Å². The minimum Gasteiger partial charge on any atom is -0.440 e. The first-order valence-corrected chi connectivity index (χ1v) is 5.69. The quantitative estimate of drug-likeness (QED) is 0.753. The van der Waals surface area contributed by atoms with Crippen LogP contribution in [0, 0.1) is 0 Å². The summed E-state index contributed by atoms with van der Waals surface area (Å²) in [5, 5.41) is 4.28. The summed E-state index contributed by atoms with van der Waals surface area (Å²) < 4.78 is 5.15. The lowest BCUT2D eigenvalue weighted by atomic mass is 10.1. The number of nitrogens with one attached hydrogen (secondary N) is 1. The molecule has 1 aliphatic heterocycles. The fourth-order valence-electron chi connectivity index (χ4n) is 1.52. The van der Waals surface area contributed by atoms with Crippen LogP contribution in [0.25, 0.3) is 0 Å². The molecule has 0 amide bonds. The largest absolute Gasteiger partial charge is 0.440 e. The van der Waals surface area contributed by atoms with Gasteiger partial charge in [-0.1, -0.05) is 18.2 Å². The standard InChI is InChI=1S/C9H14N2OS/c1-2-4-10-8(3-1)7-13-9-11-5-6-12-9/h5-6,8,10H,1-4,7H2. The number of hydrogen-bond acceptors (Lipinski definition) is 4. The molecule has 4 heteroatoms. The lowest BCUT2D eigenvalue weighted by Crippen LogP contribution is -2.35. The van der Waals surface area contributed by atoms with E-state index in [-0.39, 0.29) is 0 Å². The molecule has 13 heavy (non-hydrogen) atoms. The summed E-state index contributed by atoms with van der Waals surface area (Å²) in [5.41, 5.74) is 0. The molecule has 72 valence electrons. The second-order valence-electron chi connectivity index (χ2n) is 3.26. The average molecular weight is 198 g/mol. The molecule has 1 atom stereocenters. The molecule has 1 fully saturated rings. The van der Waals surface area contributed by atoms with Crippen molar-refractivity contribution >= 4 is 11.8 Å². The van der Waals surface area contributed by atoms with Gasteiger partial charge in [-0.25, -0.2) is 4.98 Å². The number of rotatable bonds is 3. The van der Waals surface area contributed by atoms with Gasteiger partial charge in [-0.3, -0.25) is 0 Å². The topological polar surface area (TPSA) is 38.1 Å². The first-order valence-electron chi connectivity index (χ1n) is 4.71. The van der Waals surface area contributed by atoms with Gasteiger partial charge in [0.1, 0.15) is 6.26 Å². The lowest BCUT2D eigenvalue weighted by Gasteiger charge is -2.22. The van der Waals surface area contributed by atoms with Crippen molar-refractivity contribution in [3.8, 4) is 0 Å². The third kappa shape index (κ3) is 2.74. The highest BCUT2D eigenvalue weighted by Crippen LogP contribution is 2.19. The van der Waals surface area contributed by atoms with Gasteiger partial charge < -0.3 is 9.73 Å². The SMILES string of the molecule is c1coc(SCC2CCCCN2)n1. The van der Waals surface area contributed by atoms with Gasteiger partial charge in [0.25, 0.3) is 5.22 Å². The van der Waals surface area contributed by atoms with Gasteiger partial charge in [0.05, 0.1) is 6.20 Å². The van der Waals surface area contributed by atoms with Crippen molar-refractivity contribution in [1.82, 2.24) is 10.3 Å². The molecular formula is C9H14N2OS. The van der Waals surface area contributed by atoms with E-state index in [2.05, 4.69) is 10.3 Å². The number of oxazole rings is 1. The molecule has 3 nitrogen and oxygen atoms in total. The zero-order valence-corrected chi connectivity index (χ0v) is 8.35. The Bertz CT molecular complexity index is 232. The first kappa shape index (κ1) is 9.09. The molecule has 1 aromatic rings. The van der Waals surface area contributed by atoms with Crippen LogP contribution in [0.15, 0.2) is 22.1 Å². The molecular weight excluding hydrogens is 184 g/mol. The van der Waals surface area contributed by atoms with Gasteiger partial charge in [0, 0.05) is 11.8 Å².